The third-order valence-electron chi connectivity index (χ3n) is 7.96. The van der Waals surface area contributed by atoms with Gasteiger partial charge in [-0.1, -0.05) is 103 Å². The summed E-state index contributed by atoms with van der Waals surface area (Å²) in [6.45, 7) is 0. The Balaban J connectivity index is 1.51. The highest BCUT2D eigenvalue weighted by molar-refractivity contribution is 8.00. The number of fused-ring (bicyclic) bond motifs is 1. The SMILES string of the molecule is c1ccc(-c2nc3ccccc3nc2-n2c3cccc4c3c3c5c(cccc5c(-c5ccccc5)cc32)S4)cc1. The molecule has 0 N–H and O–H groups in total. The van der Waals surface area contributed by atoms with Gasteiger partial charge in [0.05, 0.1) is 22.1 Å². The summed E-state index contributed by atoms with van der Waals surface area (Å²) in [6.07, 6.45) is 0. The molecule has 1 aliphatic heterocycles. The van der Waals surface area contributed by atoms with Gasteiger partial charge in [-0.15, -0.1) is 0 Å². The molecule has 8 aromatic rings. The first-order valence-corrected chi connectivity index (χ1v) is 14.3. The van der Waals surface area contributed by atoms with Crippen molar-refractivity contribution in [3.8, 4) is 28.2 Å². The van der Waals surface area contributed by atoms with Crippen LogP contribution in [0.15, 0.2) is 137 Å². The Bertz CT molecular complexity index is 2290. The molecule has 1 aliphatic rings. The summed E-state index contributed by atoms with van der Waals surface area (Å²) in [6, 6.07) is 45.0. The molecule has 9 rings (SSSR count). The van der Waals surface area contributed by atoms with Crippen LogP contribution in [0.5, 0.6) is 0 Å². The van der Waals surface area contributed by atoms with Gasteiger partial charge in [-0.2, -0.15) is 0 Å². The zero-order valence-corrected chi connectivity index (χ0v) is 22.2. The topological polar surface area (TPSA) is 30.7 Å². The summed E-state index contributed by atoms with van der Waals surface area (Å²) in [7, 11) is 0. The van der Waals surface area contributed by atoms with Crippen LogP contribution in [0.3, 0.4) is 0 Å². The number of rotatable bonds is 3. The lowest BCUT2D eigenvalue weighted by Crippen LogP contribution is -2.03. The minimum atomic E-state index is 0.852. The van der Waals surface area contributed by atoms with Crippen LogP contribution in [0.1, 0.15) is 0 Å². The van der Waals surface area contributed by atoms with Crippen LogP contribution in [0.2, 0.25) is 0 Å². The van der Waals surface area contributed by atoms with Crippen LogP contribution in [-0.4, -0.2) is 14.5 Å². The maximum Gasteiger partial charge on any atom is 0.165 e. The lowest BCUT2D eigenvalue weighted by molar-refractivity contribution is 1.08. The molecule has 3 nitrogen and oxygen atoms in total. The van der Waals surface area contributed by atoms with E-state index in [0.29, 0.717) is 0 Å². The van der Waals surface area contributed by atoms with Crippen LogP contribution in [0.25, 0.3) is 71.8 Å². The quantitative estimate of drug-likeness (QED) is 0.229. The Labute approximate surface area is 234 Å². The predicted octanol–water partition coefficient (Wildman–Crippen LogP) is 9.68. The molecule has 0 unspecified atom stereocenters. The van der Waals surface area contributed by atoms with Gasteiger partial charge in [-0.05, 0) is 52.9 Å². The molecule has 0 aliphatic carbocycles. The third kappa shape index (κ3) is 3.02. The third-order valence-corrected chi connectivity index (χ3v) is 9.08. The van der Waals surface area contributed by atoms with Gasteiger partial charge in [0.2, 0.25) is 0 Å². The van der Waals surface area contributed by atoms with E-state index in [0.717, 1.165) is 39.1 Å². The van der Waals surface area contributed by atoms with Gasteiger partial charge in [0.25, 0.3) is 0 Å². The number of para-hydroxylation sites is 2. The molecule has 4 heteroatoms. The van der Waals surface area contributed by atoms with Gasteiger partial charge in [0.1, 0.15) is 5.69 Å². The van der Waals surface area contributed by atoms with Crippen molar-refractivity contribution >= 4 is 55.4 Å². The molecular formula is C36H21N3S. The molecule has 0 saturated heterocycles. The van der Waals surface area contributed by atoms with E-state index in [9.17, 15) is 0 Å². The second-order valence-corrected chi connectivity index (χ2v) is 11.3. The first-order chi connectivity index (χ1) is 19.8. The molecule has 186 valence electrons. The van der Waals surface area contributed by atoms with Gasteiger partial charge in [0, 0.05) is 31.5 Å². The monoisotopic (exact) mass is 527 g/mol. The lowest BCUT2D eigenvalue weighted by Gasteiger charge is -2.17. The highest BCUT2D eigenvalue weighted by Crippen LogP contribution is 2.52. The van der Waals surface area contributed by atoms with Crippen molar-refractivity contribution in [1.82, 2.24) is 14.5 Å². The van der Waals surface area contributed by atoms with E-state index >= 15 is 0 Å². The van der Waals surface area contributed by atoms with Gasteiger partial charge in [-0.25, -0.2) is 9.97 Å². The number of aromatic nitrogens is 3. The standard InChI is InChI=1S/C36H21N3S/c1-3-11-22(12-4-1)25-21-29-34-32-24(25)15-9-19-30(32)40-31-20-10-18-28(33(31)34)39(29)36-35(23-13-5-2-6-14-23)37-26-16-7-8-17-27(26)38-36/h1-21H. The van der Waals surface area contributed by atoms with E-state index in [2.05, 4.69) is 108 Å². The second-order valence-electron chi connectivity index (χ2n) is 10.2. The summed E-state index contributed by atoms with van der Waals surface area (Å²) < 4.78 is 2.35. The van der Waals surface area contributed by atoms with Gasteiger partial charge in [0.15, 0.2) is 5.82 Å². The average molecular weight is 528 g/mol. The van der Waals surface area contributed by atoms with Crippen LogP contribution in [0.4, 0.5) is 0 Å². The van der Waals surface area contributed by atoms with E-state index < -0.39 is 0 Å². The molecule has 0 radical (unpaired) electrons. The Morgan fingerprint density at radius 2 is 1.15 bits per heavy atom. The van der Waals surface area contributed by atoms with Gasteiger partial charge >= 0.3 is 0 Å². The first-order valence-electron chi connectivity index (χ1n) is 13.4. The normalized spacial score (nSPS) is 12.4. The molecule has 40 heavy (non-hydrogen) atoms. The van der Waals surface area contributed by atoms with Crippen LogP contribution in [0, 0.1) is 0 Å². The van der Waals surface area contributed by atoms with E-state index in [1.807, 2.05) is 36.0 Å². The molecule has 0 atom stereocenters. The molecule has 0 spiro atoms. The second kappa shape index (κ2) is 8.28. The fourth-order valence-electron chi connectivity index (χ4n) is 6.25. The molecule has 6 aromatic carbocycles. The Morgan fingerprint density at radius 1 is 0.500 bits per heavy atom. The van der Waals surface area contributed by atoms with Crippen LogP contribution >= 0.6 is 11.8 Å². The maximum atomic E-state index is 5.32. The molecule has 0 amide bonds. The van der Waals surface area contributed by atoms with Crippen molar-refractivity contribution in [2.45, 2.75) is 9.79 Å². The first kappa shape index (κ1) is 21.9. The number of benzene rings is 6. The summed E-state index contributed by atoms with van der Waals surface area (Å²) in [4.78, 5) is 13.1. The molecule has 0 fully saturated rings. The van der Waals surface area contributed by atoms with E-state index in [4.69, 9.17) is 9.97 Å². The Morgan fingerprint density at radius 3 is 1.93 bits per heavy atom. The average Bonchev–Trinajstić information content (AvgIpc) is 3.36. The minimum Gasteiger partial charge on any atom is -0.292 e. The van der Waals surface area contributed by atoms with Crippen molar-refractivity contribution in [3.05, 3.63) is 127 Å². The maximum absolute atomic E-state index is 5.32. The minimum absolute atomic E-state index is 0.852. The fourth-order valence-corrected chi connectivity index (χ4v) is 7.41. The van der Waals surface area contributed by atoms with Crippen LogP contribution < -0.4 is 0 Å². The van der Waals surface area contributed by atoms with E-state index in [-0.39, 0.29) is 0 Å². The molecule has 0 bridgehead atoms. The largest absolute Gasteiger partial charge is 0.292 e. The highest BCUT2D eigenvalue weighted by Gasteiger charge is 2.27. The zero-order valence-electron chi connectivity index (χ0n) is 21.4. The summed E-state index contributed by atoms with van der Waals surface area (Å²) in [5.74, 6) is 0.852. The van der Waals surface area contributed by atoms with Gasteiger partial charge < -0.3 is 0 Å². The number of hydrogen-bond acceptors (Lipinski definition) is 3. The predicted molar refractivity (Wildman–Crippen MR) is 166 cm³/mol. The molecule has 2 aromatic heterocycles. The summed E-state index contributed by atoms with van der Waals surface area (Å²) >= 11 is 1.86. The van der Waals surface area contributed by atoms with E-state index in [1.54, 1.807) is 0 Å². The van der Waals surface area contributed by atoms with Crippen molar-refractivity contribution in [2.75, 3.05) is 0 Å². The van der Waals surface area contributed by atoms with Crippen molar-refractivity contribution in [1.29, 1.82) is 0 Å². The van der Waals surface area contributed by atoms with Gasteiger partial charge in [-0.3, -0.25) is 4.57 Å². The summed E-state index contributed by atoms with van der Waals surface area (Å²) in [5, 5.41) is 5.19. The van der Waals surface area contributed by atoms with Crippen molar-refractivity contribution in [2.24, 2.45) is 0 Å². The Kier molecular flexibility index (Phi) is 4.54. The van der Waals surface area contributed by atoms with E-state index in [1.165, 1.54) is 42.5 Å². The lowest BCUT2D eigenvalue weighted by atomic mass is 9.94. The Hall–Kier alpha value is -4.93. The summed E-state index contributed by atoms with van der Waals surface area (Å²) in [5.41, 5.74) is 8.46. The van der Waals surface area contributed by atoms with Crippen molar-refractivity contribution in [3.63, 3.8) is 0 Å². The van der Waals surface area contributed by atoms with Crippen LogP contribution in [-0.2, 0) is 0 Å². The molecular weight excluding hydrogens is 506 g/mol. The highest BCUT2D eigenvalue weighted by atomic mass is 32.2. The molecule has 0 saturated carbocycles. The van der Waals surface area contributed by atoms with Crippen molar-refractivity contribution < 1.29 is 0 Å². The zero-order chi connectivity index (χ0) is 26.2. The number of nitrogens with zero attached hydrogens (tertiary/aromatic N) is 3. The number of hydrogen-bond donors (Lipinski definition) is 0. The molecule has 3 heterocycles. The smallest absolute Gasteiger partial charge is 0.165 e. The fraction of sp³-hybridized carbons (Fsp3) is 0.